The Morgan fingerprint density at radius 2 is 1.76 bits per heavy atom. The van der Waals surface area contributed by atoms with Gasteiger partial charge in [-0.3, -0.25) is 9.69 Å². The number of benzene rings is 1. The van der Waals surface area contributed by atoms with Gasteiger partial charge in [0.15, 0.2) is 10.7 Å². The molecule has 0 aromatic heterocycles. The largest absolute Gasteiger partial charge is 0.381 e. The van der Waals surface area contributed by atoms with Gasteiger partial charge in [0.1, 0.15) is 0 Å². The first-order valence-corrected chi connectivity index (χ1v) is 16.3. The average Bonchev–Trinajstić information content (AvgIpc) is 3.60. The van der Waals surface area contributed by atoms with E-state index in [0.29, 0.717) is 17.9 Å². The number of carbonyl (C=O) groups is 1. The number of nitrogens with zero attached hydrogens (tertiary/aromatic N) is 2. The van der Waals surface area contributed by atoms with E-state index in [1.807, 2.05) is 18.9 Å². The molecule has 6 aliphatic rings. The highest BCUT2D eigenvalue weighted by Gasteiger charge is 2.67. The summed E-state index contributed by atoms with van der Waals surface area (Å²) in [4.78, 5) is 22.7. The Kier molecular flexibility index (Phi) is 6.47. The summed E-state index contributed by atoms with van der Waals surface area (Å²) < 4.78 is 5.79. The van der Waals surface area contributed by atoms with Crippen molar-refractivity contribution < 1.29 is 9.53 Å². The van der Waals surface area contributed by atoms with E-state index in [0.717, 1.165) is 67.8 Å². The van der Waals surface area contributed by atoms with Crippen molar-refractivity contribution in [3.8, 4) is 0 Å². The molecule has 200 valence electrons. The number of fused-ring (bicyclic) bond motifs is 3. The molecule has 1 aromatic carbocycles. The zero-order valence-corrected chi connectivity index (χ0v) is 23.5. The number of amidine groups is 1. The van der Waals surface area contributed by atoms with Gasteiger partial charge in [0, 0.05) is 24.8 Å². The molecule has 1 atom stereocenters. The lowest BCUT2D eigenvalue weighted by Crippen LogP contribution is -2.52. The summed E-state index contributed by atoms with van der Waals surface area (Å²) in [5.41, 5.74) is 3.24. The third-order valence-electron chi connectivity index (χ3n) is 11.0. The maximum atomic E-state index is 14.9. The molecule has 4 fully saturated rings. The SMILES string of the molecule is COC1CCC2(CC1)Cc1ccc(CCC3CC3)cc1C21N=C(SCC2CCC2)N(CC2CCC2)C1=O. The highest BCUT2D eigenvalue weighted by Crippen LogP contribution is 2.63. The highest BCUT2D eigenvalue weighted by molar-refractivity contribution is 8.13. The first kappa shape index (κ1) is 24.7. The van der Waals surface area contributed by atoms with E-state index in [-0.39, 0.29) is 5.41 Å². The lowest BCUT2D eigenvalue weighted by atomic mass is 9.61. The van der Waals surface area contributed by atoms with E-state index < -0.39 is 5.54 Å². The first-order chi connectivity index (χ1) is 18.1. The van der Waals surface area contributed by atoms with E-state index in [2.05, 4.69) is 23.1 Å². The van der Waals surface area contributed by atoms with Gasteiger partial charge in [-0.1, -0.05) is 55.6 Å². The van der Waals surface area contributed by atoms with Crippen molar-refractivity contribution in [3.63, 3.8) is 0 Å². The minimum Gasteiger partial charge on any atom is -0.381 e. The van der Waals surface area contributed by atoms with Gasteiger partial charge in [0.25, 0.3) is 5.91 Å². The Morgan fingerprint density at radius 1 is 1.00 bits per heavy atom. The van der Waals surface area contributed by atoms with Crippen molar-refractivity contribution in [2.75, 3.05) is 19.4 Å². The zero-order valence-electron chi connectivity index (χ0n) is 22.7. The predicted octanol–water partition coefficient (Wildman–Crippen LogP) is 6.89. The van der Waals surface area contributed by atoms with Crippen LogP contribution in [0.5, 0.6) is 0 Å². The van der Waals surface area contributed by atoms with Gasteiger partial charge in [0.2, 0.25) is 0 Å². The number of rotatable bonds is 8. The van der Waals surface area contributed by atoms with E-state index in [9.17, 15) is 4.79 Å². The Bertz CT molecular complexity index is 1060. The van der Waals surface area contributed by atoms with Gasteiger partial charge < -0.3 is 4.74 Å². The van der Waals surface area contributed by atoms with Crippen molar-refractivity contribution in [2.24, 2.45) is 28.2 Å². The number of thioether (sulfide) groups is 1. The van der Waals surface area contributed by atoms with Crippen LogP contribution in [0, 0.1) is 23.2 Å². The van der Waals surface area contributed by atoms with E-state index in [4.69, 9.17) is 9.73 Å². The van der Waals surface area contributed by atoms with Crippen LogP contribution in [0.2, 0.25) is 0 Å². The van der Waals surface area contributed by atoms with E-state index >= 15 is 0 Å². The molecule has 4 nitrogen and oxygen atoms in total. The van der Waals surface area contributed by atoms with Crippen molar-refractivity contribution in [1.29, 1.82) is 0 Å². The minimum atomic E-state index is -0.720. The molecule has 7 rings (SSSR count). The molecular formula is C32H44N2O2S. The predicted molar refractivity (Wildman–Crippen MR) is 151 cm³/mol. The normalized spacial score (nSPS) is 33.6. The van der Waals surface area contributed by atoms with Gasteiger partial charge in [-0.25, -0.2) is 4.99 Å². The van der Waals surface area contributed by atoms with E-state index in [1.165, 1.54) is 74.5 Å². The van der Waals surface area contributed by atoms with Crippen LogP contribution in [0.15, 0.2) is 23.2 Å². The third kappa shape index (κ3) is 4.22. The van der Waals surface area contributed by atoms with Crippen molar-refractivity contribution in [1.82, 2.24) is 4.90 Å². The second kappa shape index (κ2) is 9.70. The van der Waals surface area contributed by atoms with Gasteiger partial charge in [-0.05, 0) is 105 Å². The Morgan fingerprint density at radius 3 is 2.41 bits per heavy atom. The summed E-state index contributed by atoms with van der Waals surface area (Å²) in [6.45, 7) is 0.880. The van der Waals surface area contributed by atoms with Crippen LogP contribution in [0.3, 0.4) is 0 Å². The van der Waals surface area contributed by atoms with Crippen LogP contribution >= 0.6 is 11.8 Å². The summed E-state index contributed by atoms with van der Waals surface area (Å²) in [6.07, 6.45) is 18.6. The molecule has 0 saturated heterocycles. The monoisotopic (exact) mass is 520 g/mol. The second-order valence-corrected chi connectivity index (χ2v) is 14.3. The summed E-state index contributed by atoms with van der Waals surface area (Å²) in [6, 6.07) is 7.16. The Labute approximate surface area is 227 Å². The standard InChI is InChI=1S/C32H44N2O2S/c1-36-27-14-16-31(17-15-27)19-26-13-12-23(11-10-22-8-9-22)18-28(26)32(31)29(35)34(20-24-4-2-5-24)30(33-32)37-21-25-6-3-7-25/h12-13,18,22,24-25,27H,2-11,14-17,19-21H2,1H3. The molecule has 0 N–H and O–H groups in total. The third-order valence-corrected chi connectivity index (χ3v) is 12.2. The fourth-order valence-electron chi connectivity index (χ4n) is 7.86. The average molecular weight is 521 g/mol. The summed E-state index contributed by atoms with van der Waals surface area (Å²) >= 11 is 1.90. The number of carbonyl (C=O) groups excluding carboxylic acids is 1. The fraction of sp³-hybridized carbons (Fsp3) is 0.750. The molecule has 1 amide bonds. The van der Waals surface area contributed by atoms with Crippen LogP contribution in [0.1, 0.15) is 100 Å². The van der Waals surface area contributed by atoms with Gasteiger partial charge in [-0.2, -0.15) is 0 Å². The number of methoxy groups -OCH3 is 1. The van der Waals surface area contributed by atoms with Crippen LogP contribution in [0.4, 0.5) is 0 Å². The number of aliphatic imine (C=N–C) groups is 1. The number of aryl methyl sites for hydroxylation is 1. The Balaban J connectivity index is 1.28. The summed E-state index contributed by atoms with van der Waals surface area (Å²) in [5, 5.41) is 1.05. The number of hydrogen-bond acceptors (Lipinski definition) is 4. The molecule has 0 bridgehead atoms. The number of hydrogen-bond donors (Lipinski definition) is 0. The van der Waals surface area contributed by atoms with Crippen molar-refractivity contribution >= 4 is 22.8 Å². The van der Waals surface area contributed by atoms with Crippen molar-refractivity contribution in [3.05, 3.63) is 34.9 Å². The summed E-state index contributed by atoms with van der Waals surface area (Å²) in [7, 11) is 1.85. The van der Waals surface area contributed by atoms with Crippen molar-refractivity contribution in [2.45, 2.75) is 108 Å². The number of ether oxygens (including phenoxy) is 1. The lowest BCUT2D eigenvalue weighted by Gasteiger charge is -2.45. The molecule has 5 aliphatic carbocycles. The molecule has 0 radical (unpaired) electrons. The van der Waals surface area contributed by atoms with Gasteiger partial charge >= 0.3 is 0 Å². The quantitative estimate of drug-likeness (QED) is 0.375. The zero-order chi connectivity index (χ0) is 25.0. The molecule has 5 heteroatoms. The second-order valence-electron chi connectivity index (χ2n) is 13.3. The first-order valence-electron chi connectivity index (χ1n) is 15.3. The minimum absolute atomic E-state index is 0.104. The van der Waals surface area contributed by atoms with Gasteiger partial charge in [0.05, 0.1) is 6.10 Å². The smallest absolute Gasteiger partial charge is 0.261 e. The van der Waals surface area contributed by atoms with Gasteiger partial charge in [-0.15, -0.1) is 0 Å². The summed E-state index contributed by atoms with van der Waals surface area (Å²) in [5.74, 6) is 3.82. The molecular weight excluding hydrogens is 476 g/mol. The molecule has 1 unspecified atom stereocenters. The maximum Gasteiger partial charge on any atom is 0.261 e. The molecule has 4 saturated carbocycles. The Hall–Kier alpha value is -1.33. The van der Waals surface area contributed by atoms with Crippen LogP contribution in [-0.4, -0.2) is 41.5 Å². The van der Waals surface area contributed by atoms with E-state index in [1.54, 1.807) is 0 Å². The number of amides is 1. The molecule has 37 heavy (non-hydrogen) atoms. The lowest BCUT2D eigenvalue weighted by molar-refractivity contribution is -0.138. The molecule has 2 spiro atoms. The maximum absolute atomic E-state index is 14.9. The van der Waals surface area contributed by atoms with Crippen LogP contribution in [-0.2, 0) is 27.9 Å². The molecule has 1 heterocycles. The molecule has 1 aromatic rings. The fourth-order valence-corrected chi connectivity index (χ4v) is 9.09. The highest BCUT2D eigenvalue weighted by atomic mass is 32.2. The molecule has 1 aliphatic heterocycles. The van der Waals surface area contributed by atoms with Crippen LogP contribution in [0.25, 0.3) is 0 Å². The topological polar surface area (TPSA) is 41.9 Å². The van der Waals surface area contributed by atoms with Crippen LogP contribution < -0.4 is 0 Å².